The largest absolute Gasteiger partial charge is 0.380 e. The maximum atomic E-state index is 13.4. The summed E-state index contributed by atoms with van der Waals surface area (Å²) in [6.07, 6.45) is 4.99. The molecule has 148 valence electrons. The standard InChI is InChI=1S/C20H24N4O3S/c1-27-17-8-11-23(14-17)16-4-2-5-18(12-16)28(25,26)24-13-15(7-9-21)20-19(24)6-3-10-22-20/h2-6,10,12-13,17H,7-9,11,14,21H2,1H3. The number of anilines is 1. The van der Waals surface area contributed by atoms with Crippen molar-refractivity contribution in [3.63, 3.8) is 0 Å². The van der Waals surface area contributed by atoms with Gasteiger partial charge in [-0.1, -0.05) is 6.07 Å². The molecule has 28 heavy (non-hydrogen) atoms. The molecule has 1 unspecified atom stereocenters. The molecule has 1 aliphatic heterocycles. The Kier molecular flexibility index (Phi) is 5.09. The topological polar surface area (TPSA) is 90.5 Å². The van der Waals surface area contributed by atoms with Crippen molar-refractivity contribution in [2.45, 2.75) is 23.8 Å². The smallest absolute Gasteiger partial charge is 0.268 e. The summed E-state index contributed by atoms with van der Waals surface area (Å²) in [6.45, 7) is 2.04. The number of pyridine rings is 1. The predicted molar refractivity (Wildman–Crippen MR) is 109 cm³/mol. The molecule has 2 aromatic heterocycles. The molecule has 3 heterocycles. The number of fused-ring (bicyclic) bond motifs is 1. The highest BCUT2D eigenvalue weighted by Gasteiger charge is 2.25. The summed E-state index contributed by atoms with van der Waals surface area (Å²) in [6, 6.07) is 10.6. The highest BCUT2D eigenvalue weighted by molar-refractivity contribution is 7.90. The molecule has 0 saturated carbocycles. The van der Waals surface area contributed by atoms with Gasteiger partial charge in [0.1, 0.15) is 0 Å². The SMILES string of the molecule is COC1CCN(c2cccc(S(=O)(=O)n3cc(CCN)c4ncccc43)c2)C1. The van der Waals surface area contributed by atoms with Crippen LogP contribution in [0.1, 0.15) is 12.0 Å². The number of methoxy groups -OCH3 is 1. The summed E-state index contributed by atoms with van der Waals surface area (Å²) in [5.41, 5.74) is 8.65. The molecule has 0 radical (unpaired) electrons. The van der Waals surface area contributed by atoms with E-state index in [9.17, 15) is 8.42 Å². The van der Waals surface area contributed by atoms with Gasteiger partial charge in [-0.2, -0.15) is 0 Å². The van der Waals surface area contributed by atoms with E-state index < -0.39 is 10.0 Å². The fourth-order valence-electron chi connectivity index (χ4n) is 3.74. The van der Waals surface area contributed by atoms with Crippen LogP contribution in [0.5, 0.6) is 0 Å². The summed E-state index contributed by atoms with van der Waals surface area (Å²) in [7, 11) is -2.05. The fourth-order valence-corrected chi connectivity index (χ4v) is 5.16. The lowest BCUT2D eigenvalue weighted by Gasteiger charge is -2.19. The Labute approximate surface area is 164 Å². The van der Waals surface area contributed by atoms with E-state index in [0.29, 0.717) is 24.0 Å². The second kappa shape index (κ2) is 7.54. The number of aromatic nitrogens is 2. The van der Waals surface area contributed by atoms with Gasteiger partial charge in [-0.25, -0.2) is 12.4 Å². The average molecular weight is 401 g/mol. The second-order valence-corrected chi connectivity index (χ2v) is 8.77. The first-order chi connectivity index (χ1) is 13.5. The van der Waals surface area contributed by atoms with Gasteiger partial charge in [0.2, 0.25) is 0 Å². The quantitative estimate of drug-likeness (QED) is 0.681. The fraction of sp³-hybridized carbons (Fsp3) is 0.350. The van der Waals surface area contributed by atoms with Crippen LogP contribution in [0.15, 0.2) is 53.7 Å². The Morgan fingerprint density at radius 2 is 2.14 bits per heavy atom. The van der Waals surface area contributed by atoms with Crippen LogP contribution in [0.4, 0.5) is 5.69 Å². The molecule has 4 rings (SSSR count). The number of ether oxygens (including phenoxy) is 1. The Bertz CT molecular complexity index is 1090. The lowest BCUT2D eigenvalue weighted by Crippen LogP contribution is -2.22. The van der Waals surface area contributed by atoms with Gasteiger partial charge < -0.3 is 15.4 Å². The molecule has 1 saturated heterocycles. The average Bonchev–Trinajstić information content (AvgIpc) is 3.34. The lowest BCUT2D eigenvalue weighted by molar-refractivity contribution is 0.121. The van der Waals surface area contributed by atoms with Crippen LogP contribution < -0.4 is 10.6 Å². The molecule has 0 aliphatic carbocycles. The zero-order chi connectivity index (χ0) is 19.7. The zero-order valence-electron chi connectivity index (χ0n) is 15.8. The van der Waals surface area contributed by atoms with Crippen LogP contribution in [0.25, 0.3) is 11.0 Å². The van der Waals surface area contributed by atoms with Crippen LogP contribution in [0.2, 0.25) is 0 Å². The zero-order valence-corrected chi connectivity index (χ0v) is 16.6. The van der Waals surface area contributed by atoms with Crippen molar-refractivity contribution in [3.8, 4) is 0 Å². The number of nitrogens with zero attached hydrogens (tertiary/aromatic N) is 3. The van der Waals surface area contributed by atoms with Crippen molar-refractivity contribution in [1.82, 2.24) is 8.96 Å². The van der Waals surface area contributed by atoms with E-state index in [4.69, 9.17) is 10.5 Å². The Morgan fingerprint density at radius 3 is 2.89 bits per heavy atom. The van der Waals surface area contributed by atoms with Gasteiger partial charge in [-0.05, 0) is 55.3 Å². The molecule has 7 nitrogen and oxygen atoms in total. The first-order valence-electron chi connectivity index (χ1n) is 9.33. The number of hydrogen-bond donors (Lipinski definition) is 1. The van der Waals surface area contributed by atoms with Crippen LogP contribution in [-0.2, 0) is 21.2 Å². The maximum absolute atomic E-state index is 13.4. The third kappa shape index (κ3) is 3.28. The molecule has 8 heteroatoms. The van der Waals surface area contributed by atoms with E-state index in [-0.39, 0.29) is 11.0 Å². The van der Waals surface area contributed by atoms with Gasteiger partial charge in [-0.3, -0.25) is 4.98 Å². The Balaban J connectivity index is 1.76. The number of benzene rings is 1. The third-order valence-corrected chi connectivity index (χ3v) is 6.90. The van der Waals surface area contributed by atoms with E-state index in [2.05, 4.69) is 9.88 Å². The van der Waals surface area contributed by atoms with Crippen LogP contribution >= 0.6 is 0 Å². The predicted octanol–water partition coefficient (Wildman–Crippen LogP) is 2.00. The highest BCUT2D eigenvalue weighted by atomic mass is 32.2. The van der Waals surface area contributed by atoms with Crippen molar-refractivity contribution in [3.05, 3.63) is 54.4 Å². The van der Waals surface area contributed by atoms with Crippen molar-refractivity contribution in [2.75, 3.05) is 31.6 Å². The molecule has 2 N–H and O–H groups in total. The number of nitrogens with two attached hydrogens (primary N) is 1. The van der Waals surface area contributed by atoms with E-state index in [1.54, 1.807) is 49.8 Å². The minimum Gasteiger partial charge on any atom is -0.380 e. The summed E-state index contributed by atoms with van der Waals surface area (Å²) in [5, 5.41) is 0. The molecule has 1 fully saturated rings. The Hall–Kier alpha value is -2.42. The maximum Gasteiger partial charge on any atom is 0.268 e. The summed E-state index contributed by atoms with van der Waals surface area (Å²) in [4.78, 5) is 6.77. The van der Waals surface area contributed by atoms with Gasteiger partial charge >= 0.3 is 0 Å². The van der Waals surface area contributed by atoms with E-state index in [1.807, 2.05) is 6.07 Å². The van der Waals surface area contributed by atoms with Crippen LogP contribution in [0.3, 0.4) is 0 Å². The minimum absolute atomic E-state index is 0.179. The molecule has 1 aromatic carbocycles. The van der Waals surface area contributed by atoms with Crippen molar-refractivity contribution in [1.29, 1.82) is 0 Å². The van der Waals surface area contributed by atoms with Gasteiger partial charge in [0.15, 0.2) is 0 Å². The van der Waals surface area contributed by atoms with E-state index in [1.165, 1.54) is 3.97 Å². The van der Waals surface area contributed by atoms with E-state index in [0.717, 1.165) is 30.8 Å². The monoisotopic (exact) mass is 400 g/mol. The normalized spacial score (nSPS) is 17.5. The first-order valence-corrected chi connectivity index (χ1v) is 10.8. The first kappa shape index (κ1) is 18.9. The molecule has 3 aromatic rings. The molecule has 1 aliphatic rings. The molecule has 0 bridgehead atoms. The third-order valence-electron chi connectivity index (χ3n) is 5.23. The van der Waals surface area contributed by atoms with Gasteiger partial charge in [0.25, 0.3) is 10.0 Å². The lowest BCUT2D eigenvalue weighted by atomic mass is 10.2. The molecular weight excluding hydrogens is 376 g/mol. The van der Waals surface area contributed by atoms with Crippen molar-refractivity contribution in [2.24, 2.45) is 5.73 Å². The summed E-state index contributed by atoms with van der Waals surface area (Å²) < 4.78 is 33.6. The minimum atomic E-state index is -3.76. The summed E-state index contributed by atoms with van der Waals surface area (Å²) in [5.74, 6) is 0. The van der Waals surface area contributed by atoms with Gasteiger partial charge in [0, 0.05) is 38.3 Å². The molecule has 1 atom stereocenters. The molecule has 0 amide bonds. The van der Waals surface area contributed by atoms with E-state index >= 15 is 0 Å². The van der Waals surface area contributed by atoms with Crippen LogP contribution in [-0.4, -0.2) is 50.2 Å². The highest BCUT2D eigenvalue weighted by Crippen LogP contribution is 2.28. The number of hydrogen-bond acceptors (Lipinski definition) is 6. The van der Waals surface area contributed by atoms with Crippen LogP contribution in [0, 0.1) is 0 Å². The van der Waals surface area contributed by atoms with Gasteiger partial charge in [-0.15, -0.1) is 0 Å². The van der Waals surface area contributed by atoms with Gasteiger partial charge in [0.05, 0.1) is 22.0 Å². The molecule has 0 spiro atoms. The summed E-state index contributed by atoms with van der Waals surface area (Å²) >= 11 is 0. The Morgan fingerprint density at radius 1 is 1.29 bits per heavy atom. The number of rotatable bonds is 6. The molecular formula is C20H24N4O3S. The van der Waals surface area contributed by atoms with Crippen molar-refractivity contribution < 1.29 is 13.2 Å². The van der Waals surface area contributed by atoms with Crippen molar-refractivity contribution >= 4 is 26.7 Å². The second-order valence-electron chi connectivity index (χ2n) is 6.95.